The van der Waals surface area contributed by atoms with Crippen molar-refractivity contribution in [2.24, 2.45) is 0 Å². The van der Waals surface area contributed by atoms with Gasteiger partial charge in [-0.2, -0.15) is 0 Å². The lowest BCUT2D eigenvalue weighted by atomic mass is 10.0. The Morgan fingerprint density at radius 2 is 2.00 bits per heavy atom. The maximum absolute atomic E-state index is 4.66. The molecule has 0 unspecified atom stereocenters. The second-order valence-electron chi connectivity index (χ2n) is 5.41. The van der Waals surface area contributed by atoms with Gasteiger partial charge in [0.15, 0.2) is 5.13 Å². The standard InChI is InChI=1S/C19H16N2S/c1-2-9-20-19-21-18(12-22-19)15-8-7-14-10-13-5-3-4-6-16(13)17(14)11-15/h2-8,11-12H,1,9-10H2,(H,20,21). The molecule has 0 bridgehead atoms. The van der Waals surface area contributed by atoms with Crippen molar-refractivity contribution in [3.8, 4) is 22.4 Å². The van der Waals surface area contributed by atoms with Gasteiger partial charge in [-0.3, -0.25) is 0 Å². The van der Waals surface area contributed by atoms with Crippen LogP contribution < -0.4 is 5.32 Å². The highest BCUT2D eigenvalue weighted by Gasteiger charge is 2.18. The van der Waals surface area contributed by atoms with Gasteiger partial charge in [-0.05, 0) is 34.7 Å². The smallest absolute Gasteiger partial charge is 0.183 e. The summed E-state index contributed by atoms with van der Waals surface area (Å²) >= 11 is 1.63. The lowest BCUT2D eigenvalue weighted by molar-refractivity contribution is 1.26. The summed E-state index contributed by atoms with van der Waals surface area (Å²) in [6.45, 7) is 4.46. The van der Waals surface area contributed by atoms with Gasteiger partial charge in [-0.15, -0.1) is 17.9 Å². The van der Waals surface area contributed by atoms with Crippen LogP contribution in [-0.4, -0.2) is 11.5 Å². The van der Waals surface area contributed by atoms with Gasteiger partial charge >= 0.3 is 0 Å². The molecular formula is C19H16N2S. The third-order valence-electron chi connectivity index (χ3n) is 4.00. The average molecular weight is 304 g/mol. The number of rotatable bonds is 4. The van der Waals surface area contributed by atoms with Gasteiger partial charge in [-0.1, -0.05) is 42.5 Å². The van der Waals surface area contributed by atoms with E-state index in [1.165, 1.54) is 27.8 Å². The van der Waals surface area contributed by atoms with Crippen molar-refractivity contribution in [1.82, 2.24) is 4.98 Å². The fraction of sp³-hybridized carbons (Fsp3) is 0.105. The molecule has 3 aromatic rings. The predicted octanol–water partition coefficient (Wildman–Crippen LogP) is 4.98. The zero-order chi connectivity index (χ0) is 14.9. The fourth-order valence-corrected chi connectivity index (χ4v) is 3.66. The Morgan fingerprint density at radius 3 is 2.91 bits per heavy atom. The Hall–Kier alpha value is -2.39. The number of aromatic nitrogens is 1. The number of fused-ring (bicyclic) bond motifs is 3. The summed E-state index contributed by atoms with van der Waals surface area (Å²) in [7, 11) is 0. The average Bonchev–Trinajstić information content (AvgIpc) is 3.16. The number of nitrogens with one attached hydrogen (secondary N) is 1. The topological polar surface area (TPSA) is 24.9 Å². The summed E-state index contributed by atoms with van der Waals surface area (Å²) in [4.78, 5) is 4.66. The Kier molecular flexibility index (Phi) is 3.28. The normalized spacial score (nSPS) is 11.8. The van der Waals surface area contributed by atoms with Crippen molar-refractivity contribution in [3.63, 3.8) is 0 Å². The van der Waals surface area contributed by atoms with E-state index in [2.05, 4.69) is 64.7 Å². The fourth-order valence-electron chi connectivity index (χ4n) is 2.93. The van der Waals surface area contributed by atoms with Crippen molar-refractivity contribution in [1.29, 1.82) is 0 Å². The lowest BCUT2D eigenvalue weighted by Gasteiger charge is -2.04. The monoisotopic (exact) mass is 304 g/mol. The molecule has 108 valence electrons. The molecule has 2 nitrogen and oxygen atoms in total. The highest BCUT2D eigenvalue weighted by molar-refractivity contribution is 7.14. The summed E-state index contributed by atoms with van der Waals surface area (Å²) in [6, 6.07) is 15.3. The molecule has 3 heteroatoms. The molecule has 0 amide bonds. The van der Waals surface area contributed by atoms with E-state index in [-0.39, 0.29) is 0 Å². The van der Waals surface area contributed by atoms with Gasteiger partial charge < -0.3 is 5.32 Å². The SMILES string of the molecule is C=CCNc1nc(-c2ccc3c(c2)-c2ccccc2C3)cs1. The first-order valence-electron chi connectivity index (χ1n) is 7.37. The Balaban J connectivity index is 1.71. The molecule has 1 heterocycles. The maximum atomic E-state index is 4.66. The summed E-state index contributed by atoms with van der Waals surface area (Å²) in [5.41, 5.74) is 7.75. The van der Waals surface area contributed by atoms with Gasteiger partial charge in [0, 0.05) is 17.5 Å². The number of anilines is 1. The van der Waals surface area contributed by atoms with E-state index in [4.69, 9.17) is 0 Å². The molecule has 1 aliphatic carbocycles. The van der Waals surface area contributed by atoms with Gasteiger partial charge in [0.1, 0.15) is 0 Å². The van der Waals surface area contributed by atoms with Crippen LogP contribution >= 0.6 is 11.3 Å². The molecule has 0 saturated heterocycles. The van der Waals surface area contributed by atoms with E-state index in [1.54, 1.807) is 11.3 Å². The van der Waals surface area contributed by atoms with Crippen molar-refractivity contribution in [2.45, 2.75) is 6.42 Å². The first kappa shape index (κ1) is 13.3. The molecule has 0 saturated carbocycles. The molecule has 2 aromatic carbocycles. The molecule has 0 spiro atoms. The van der Waals surface area contributed by atoms with Crippen LogP contribution in [0.5, 0.6) is 0 Å². The van der Waals surface area contributed by atoms with Crippen LogP contribution in [0.25, 0.3) is 22.4 Å². The van der Waals surface area contributed by atoms with Gasteiger partial charge in [0.2, 0.25) is 0 Å². The molecule has 22 heavy (non-hydrogen) atoms. The van der Waals surface area contributed by atoms with Crippen LogP contribution in [0.4, 0.5) is 5.13 Å². The number of hydrogen-bond donors (Lipinski definition) is 1. The summed E-state index contributed by atoms with van der Waals surface area (Å²) < 4.78 is 0. The van der Waals surface area contributed by atoms with Crippen LogP contribution in [0.3, 0.4) is 0 Å². The van der Waals surface area contributed by atoms with Gasteiger partial charge in [0.05, 0.1) is 5.69 Å². The van der Waals surface area contributed by atoms with E-state index >= 15 is 0 Å². The summed E-state index contributed by atoms with van der Waals surface area (Å²) in [5.74, 6) is 0. The zero-order valence-corrected chi connectivity index (χ0v) is 13.0. The van der Waals surface area contributed by atoms with E-state index < -0.39 is 0 Å². The van der Waals surface area contributed by atoms with Crippen molar-refractivity contribution < 1.29 is 0 Å². The van der Waals surface area contributed by atoms with Crippen LogP contribution in [0.1, 0.15) is 11.1 Å². The molecule has 1 aliphatic rings. The van der Waals surface area contributed by atoms with Crippen LogP contribution in [-0.2, 0) is 6.42 Å². The van der Waals surface area contributed by atoms with E-state index in [0.29, 0.717) is 0 Å². The predicted molar refractivity (Wildman–Crippen MR) is 94.5 cm³/mol. The minimum atomic E-state index is 0.741. The maximum Gasteiger partial charge on any atom is 0.183 e. The van der Waals surface area contributed by atoms with Gasteiger partial charge in [-0.25, -0.2) is 4.98 Å². The van der Waals surface area contributed by atoms with E-state index in [0.717, 1.165) is 23.8 Å². The third kappa shape index (κ3) is 2.24. The number of nitrogens with zero attached hydrogens (tertiary/aromatic N) is 1. The van der Waals surface area contributed by atoms with Gasteiger partial charge in [0.25, 0.3) is 0 Å². The van der Waals surface area contributed by atoms with E-state index in [9.17, 15) is 0 Å². The molecule has 0 fully saturated rings. The highest BCUT2D eigenvalue weighted by Crippen LogP contribution is 2.39. The number of benzene rings is 2. The summed E-state index contributed by atoms with van der Waals surface area (Å²) in [5, 5.41) is 6.29. The highest BCUT2D eigenvalue weighted by atomic mass is 32.1. The molecule has 0 radical (unpaired) electrons. The molecule has 1 aromatic heterocycles. The van der Waals surface area contributed by atoms with Crippen LogP contribution in [0, 0.1) is 0 Å². The van der Waals surface area contributed by atoms with Crippen molar-refractivity contribution >= 4 is 16.5 Å². The molecular weight excluding hydrogens is 288 g/mol. The second kappa shape index (κ2) is 5.43. The summed E-state index contributed by atoms with van der Waals surface area (Å²) in [6.07, 6.45) is 2.88. The third-order valence-corrected chi connectivity index (χ3v) is 4.80. The molecule has 0 aliphatic heterocycles. The van der Waals surface area contributed by atoms with Crippen LogP contribution in [0.15, 0.2) is 60.5 Å². The Bertz CT molecular complexity index is 848. The largest absolute Gasteiger partial charge is 0.358 e. The number of hydrogen-bond acceptors (Lipinski definition) is 3. The Morgan fingerprint density at radius 1 is 1.14 bits per heavy atom. The second-order valence-corrected chi connectivity index (χ2v) is 6.27. The first-order valence-corrected chi connectivity index (χ1v) is 8.25. The molecule has 0 atom stereocenters. The van der Waals surface area contributed by atoms with E-state index in [1.807, 2.05) is 6.08 Å². The first-order chi connectivity index (χ1) is 10.8. The number of thiazole rings is 1. The van der Waals surface area contributed by atoms with Crippen LogP contribution in [0.2, 0.25) is 0 Å². The van der Waals surface area contributed by atoms with Crippen molar-refractivity contribution in [2.75, 3.05) is 11.9 Å². The molecule has 1 N–H and O–H groups in total. The Labute approximate surface area is 134 Å². The quantitative estimate of drug-likeness (QED) is 0.538. The molecule has 4 rings (SSSR count). The lowest BCUT2D eigenvalue weighted by Crippen LogP contribution is -1.96. The van der Waals surface area contributed by atoms with Crippen molar-refractivity contribution in [3.05, 3.63) is 71.6 Å². The zero-order valence-electron chi connectivity index (χ0n) is 12.2. The minimum Gasteiger partial charge on any atom is -0.358 e. The minimum absolute atomic E-state index is 0.741.